The van der Waals surface area contributed by atoms with Crippen molar-refractivity contribution < 1.29 is 4.79 Å². The predicted molar refractivity (Wildman–Crippen MR) is 65.8 cm³/mol. The minimum absolute atomic E-state index is 0.145. The number of rotatable bonds is 4. The van der Waals surface area contributed by atoms with E-state index in [-0.39, 0.29) is 5.91 Å². The molecule has 0 fully saturated rings. The molecule has 2 aromatic rings. The highest BCUT2D eigenvalue weighted by molar-refractivity contribution is 7.12. The van der Waals surface area contributed by atoms with Gasteiger partial charge in [-0.3, -0.25) is 9.48 Å². The second-order valence-electron chi connectivity index (χ2n) is 3.55. The smallest absolute Gasteiger partial charge is 0.263 e. The van der Waals surface area contributed by atoms with Crippen molar-refractivity contribution in [3.8, 4) is 0 Å². The lowest BCUT2D eigenvalue weighted by Crippen LogP contribution is -2.25. The zero-order valence-corrected chi connectivity index (χ0v) is 10.2. The summed E-state index contributed by atoms with van der Waals surface area (Å²) in [6.07, 6.45) is 2.24. The fourth-order valence-electron chi connectivity index (χ4n) is 1.37. The molecule has 0 saturated carbocycles. The molecule has 90 valence electrons. The van der Waals surface area contributed by atoms with Gasteiger partial charge in [-0.25, -0.2) is 4.98 Å². The van der Waals surface area contributed by atoms with Crippen molar-refractivity contribution in [1.82, 2.24) is 20.1 Å². The van der Waals surface area contributed by atoms with Gasteiger partial charge in [0.05, 0.1) is 5.69 Å². The highest BCUT2D eigenvalue weighted by Crippen LogP contribution is 2.18. The third-order valence-electron chi connectivity index (χ3n) is 2.18. The number of aryl methyl sites for hydroxylation is 1. The Kier molecular flexibility index (Phi) is 3.38. The maximum atomic E-state index is 11.7. The van der Waals surface area contributed by atoms with Crippen molar-refractivity contribution in [2.24, 2.45) is 7.05 Å². The summed E-state index contributed by atoms with van der Waals surface area (Å²) in [5.41, 5.74) is 6.17. The Morgan fingerprint density at radius 1 is 1.65 bits per heavy atom. The van der Waals surface area contributed by atoms with Crippen LogP contribution in [0.1, 0.15) is 15.5 Å². The van der Waals surface area contributed by atoms with Crippen LogP contribution in [0, 0.1) is 0 Å². The van der Waals surface area contributed by atoms with Crippen LogP contribution in [0.15, 0.2) is 17.8 Å². The number of nitrogen functional groups attached to an aromatic ring is 1. The average molecular weight is 251 g/mol. The third kappa shape index (κ3) is 2.82. The Labute approximate surface area is 102 Å². The normalized spacial score (nSPS) is 10.4. The van der Waals surface area contributed by atoms with Crippen molar-refractivity contribution >= 4 is 22.9 Å². The summed E-state index contributed by atoms with van der Waals surface area (Å²) >= 11 is 1.34. The Morgan fingerprint density at radius 3 is 3.06 bits per heavy atom. The molecular formula is C10H13N5OS. The number of thiophene rings is 1. The summed E-state index contributed by atoms with van der Waals surface area (Å²) in [5, 5.41) is 8.70. The summed E-state index contributed by atoms with van der Waals surface area (Å²) in [5.74, 6) is 0.570. The van der Waals surface area contributed by atoms with E-state index in [4.69, 9.17) is 5.73 Å². The van der Waals surface area contributed by atoms with Gasteiger partial charge in [0.2, 0.25) is 0 Å². The van der Waals surface area contributed by atoms with Crippen molar-refractivity contribution in [3.63, 3.8) is 0 Å². The number of carbonyl (C=O) groups is 1. The molecule has 0 spiro atoms. The van der Waals surface area contributed by atoms with Crippen LogP contribution in [-0.4, -0.2) is 27.2 Å². The summed E-state index contributed by atoms with van der Waals surface area (Å²) in [4.78, 5) is 16.3. The second-order valence-corrected chi connectivity index (χ2v) is 4.46. The molecule has 3 N–H and O–H groups in total. The first-order valence-electron chi connectivity index (χ1n) is 5.12. The fourth-order valence-corrected chi connectivity index (χ4v) is 2.10. The lowest BCUT2D eigenvalue weighted by molar-refractivity contribution is 0.0959. The van der Waals surface area contributed by atoms with E-state index < -0.39 is 0 Å². The average Bonchev–Trinajstić information content (AvgIpc) is 2.87. The summed E-state index contributed by atoms with van der Waals surface area (Å²) in [7, 11) is 1.81. The highest BCUT2D eigenvalue weighted by atomic mass is 32.1. The molecule has 17 heavy (non-hydrogen) atoms. The van der Waals surface area contributed by atoms with Gasteiger partial charge in [0.15, 0.2) is 5.82 Å². The Balaban J connectivity index is 1.83. The standard InChI is InChI=1S/C10H13N5OS/c1-15-6-13-8(14-15)2-4-12-10(16)9-7(11)3-5-17-9/h3,5-6H,2,4,11H2,1H3,(H,12,16). The molecule has 2 aromatic heterocycles. The van der Waals surface area contributed by atoms with E-state index in [0.717, 1.165) is 0 Å². The zero-order valence-electron chi connectivity index (χ0n) is 9.38. The number of aromatic nitrogens is 3. The van der Waals surface area contributed by atoms with Gasteiger partial charge in [0.25, 0.3) is 5.91 Å². The van der Waals surface area contributed by atoms with Gasteiger partial charge >= 0.3 is 0 Å². The van der Waals surface area contributed by atoms with Crippen molar-refractivity contribution in [3.05, 3.63) is 28.5 Å². The maximum absolute atomic E-state index is 11.7. The number of hydrogen-bond donors (Lipinski definition) is 2. The van der Waals surface area contributed by atoms with Crippen LogP contribution in [0.25, 0.3) is 0 Å². The number of carbonyl (C=O) groups excluding carboxylic acids is 1. The van der Waals surface area contributed by atoms with Crippen molar-refractivity contribution in [1.29, 1.82) is 0 Å². The molecule has 2 rings (SSSR count). The molecule has 0 aliphatic carbocycles. The topological polar surface area (TPSA) is 85.8 Å². The Hall–Kier alpha value is -1.89. The lowest BCUT2D eigenvalue weighted by Gasteiger charge is -2.02. The SMILES string of the molecule is Cn1cnc(CCNC(=O)c2sccc2N)n1. The molecule has 7 heteroatoms. The highest BCUT2D eigenvalue weighted by Gasteiger charge is 2.10. The first-order chi connectivity index (χ1) is 8.16. The Morgan fingerprint density at radius 2 is 2.47 bits per heavy atom. The zero-order chi connectivity index (χ0) is 12.3. The van der Waals surface area contributed by atoms with E-state index in [1.807, 2.05) is 0 Å². The van der Waals surface area contributed by atoms with Crippen LogP contribution in [-0.2, 0) is 13.5 Å². The van der Waals surface area contributed by atoms with Crippen LogP contribution >= 0.6 is 11.3 Å². The van der Waals surface area contributed by atoms with Crippen LogP contribution in [0.3, 0.4) is 0 Å². The minimum Gasteiger partial charge on any atom is -0.397 e. The van der Waals surface area contributed by atoms with Crippen molar-refractivity contribution in [2.45, 2.75) is 6.42 Å². The molecule has 0 saturated heterocycles. The molecule has 0 bridgehead atoms. The van der Waals surface area contributed by atoms with E-state index in [2.05, 4.69) is 15.4 Å². The predicted octanol–water partition coefficient (Wildman–Crippen LogP) is 0.431. The molecule has 0 atom stereocenters. The van der Waals surface area contributed by atoms with Gasteiger partial charge in [-0.2, -0.15) is 5.10 Å². The molecule has 0 unspecified atom stereocenters. The number of nitrogens with two attached hydrogens (primary N) is 1. The first-order valence-corrected chi connectivity index (χ1v) is 6.00. The summed E-state index contributed by atoms with van der Waals surface area (Å²) in [6, 6.07) is 1.72. The minimum atomic E-state index is -0.145. The molecule has 0 radical (unpaired) electrons. The van der Waals surface area contributed by atoms with Crippen molar-refractivity contribution in [2.75, 3.05) is 12.3 Å². The molecule has 1 amide bonds. The molecule has 0 aromatic carbocycles. The van der Waals surface area contributed by atoms with Gasteiger partial charge in [-0.1, -0.05) is 0 Å². The van der Waals surface area contributed by atoms with E-state index in [9.17, 15) is 4.79 Å². The lowest BCUT2D eigenvalue weighted by atomic mass is 10.3. The quantitative estimate of drug-likeness (QED) is 0.825. The van der Waals surface area contributed by atoms with Gasteiger partial charge < -0.3 is 11.1 Å². The van der Waals surface area contributed by atoms with Crippen LogP contribution in [0.2, 0.25) is 0 Å². The van der Waals surface area contributed by atoms with Crippen LogP contribution in [0.4, 0.5) is 5.69 Å². The first kappa shape index (κ1) is 11.6. The van der Waals surface area contributed by atoms with E-state index >= 15 is 0 Å². The molecule has 6 nitrogen and oxygen atoms in total. The number of anilines is 1. The molecular weight excluding hydrogens is 238 g/mol. The number of nitrogens with zero attached hydrogens (tertiary/aromatic N) is 3. The van der Waals surface area contributed by atoms with Gasteiger partial charge in [-0.05, 0) is 11.4 Å². The number of amides is 1. The van der Waals surface area contributed by atoms with Crippen LogP contribution in [0.5, 0.6) is 0 Å². The van der Waals surface area contributed by atoms with Gasteiger partial charge in [0, 0.05) is 20.0 Å². The monoisotopic (exact) mass is 251 g/mol. The van der Waals surface area contributed by atoms with E-state index in [1.165, 1.54) is 11.3 Å². The van der Waals surface area contributed by atoms with Crippen LogP contribution < -0.4 is 11.1 Å². The Bertz CT molecular complexity index is 518. The van der Waals surface area contributed by atoms with E-state index in [1.54, 1.807) is 29.5 Å². The van der Waals surface area contributed by atoms with E-state index in [0.29, 0.717) is 29.4 Å². The third-order valence-corrected chi connectivity index (χ3v) is 3.11. The number of hydrogen-bond acceptors (Lipinski definition) is 5. The fraction of sp³-hybridized carbons (Fsp3) is 0.300. The van der Waals surface area contributed by atoms with Gasteiger partial charge in [-0.15, -0.1) is 11.3 Å². The largest absolute Gasteiger partial charge is 0.397 e. The molecule has 2 heterocycles. The molecule has 0 aliphatic heterocycles. The summed E-state index contributed by atoms with van der Waals surface area (Å²) < 4.78 is 1.63. The summed E-state index contributed by atoms with van der Waals surface area (Å²) in [6.45, 7) is 0.500. The second kappa shape index (κ2) is 4.96. The maximum Gasteiger partial charge on any atom is 0.263 e. The van der Waals surface area contributed by atoms with Gasteiger partial charge in [0.1, 0.15) is 11.2 Å². The number of nitrogens with one attached hydrogen (secondary N) is 1. The molecule has 0 aliphatic rings.